The molecule has 11 heteroatoms. The molecule has 3 aromatic rings. The van der Waals surface area contributed by atoms with Crippen molar-refractivity contribution in [3.05, 3.63) is 81.5 Å². The van der Waals surface area contributed by atoms with Gasteiger partial charge in [0.25, 0.3) is 0 Å². The lowest BCUT2D eigenvalue weighted by Crippen LogP contribution is -2.42. The number of amides is 1. The Morgan fingerprint density at radius 2 is 2.14 bits per heavy atom. The number of benzene rings is 1. The van der Waals surface area contributed by atoms with Crippen molar-refractivity contribution in [2.24, 2.45) is 0 Å². The van der Waals surface area contributed by atoms with Crippen molar-refractivity contribution < 1.29 is 22.4 Å². The van der Waals surface area contributed by atoms with Gasteiger partial charge in [-0.25, -0.2) is 9.24 Å². The van der Waals surface area contributed by atoms with Gasteiger partial charge in [-0.05, 0) is 43.1 Å². The molecule has 2 aliphatic heterocycles. The standard InChI is InChI=1S/C26H23F4N5OS/c1-3-35-13-19(25(33-35)26(28,29)30)24-16(5-4-6-20(24)27)18-12-34(23(36)8-7-15-9-10-32-15)14-21-17(18)11-22(31-2)37-21/h4-8,11,13,15,18,32H,3,9-10,12,14H2,1H3/b8-7+/t15-,18-/m0/s1. The Labute approximate surface area is 215 Å². The molecule has 4 heterocycles. The molecule has 192 valence electrons. The lowest BCUT2D eigenvalue weighted by Gasteiger charge is -2.34. The van der Waals surface area contributed by atoms with Gasteiger partial charge < -0.3 is 10.2 Å². The number of aryl methyl sites for hydroxylation is 1. The maximum Gasteiger partial charge on any atom is 0.435 e. The summed E-state index contributed by atoms with van der Waals surface area (Å²) >= 11 is 1.24. The number of hydrogen-bond donors (Lipinski definition) is 1. The number of nitrogens with one attached hydrogen (secondary N) is 1. The first kappa shape index (κ1) is 25.2. The largest absolute Gasteiger partial charge is 0.435 e. The van der Waals surface area contributed by atoms with Crippen LogP contribution in [0.4, 0.5) is 22.6 Å². The Bertz CT molecular complexity index is 1410. The molecule has 1 fully saturated rings. The molecule has 37 heavy (non-hydrogen) atoms. The Morgan fingerprint density at radius 3 is 2.78 bits per heavy atom. The Balaban J connectivity index is 1.62. The van der Waals surface area contributed by atoms with Crippen LogP contribution in [-0.2, 0) is 24.1 Å². The fraction of sp³-hybridized carbons (Fsp3) is 0.346. The first-order chi connectivity index (χ1) is 17.7. The average molecular weight is 530 g/mol. The molecule has 2 aromatic heterocycles. The average Bonchev–Trinajstić information content (AvgIpc) is 3.46. The number of carbonyl (C=O) groups is 1. The maximum atomic E-state index is 15.4. The molecular weight excluding hydrogens is 506 g/mol. The zero-order valence-electron chi connectivity index (χ0n) is 19.8. The maximum absolute atomic E-state index is 15.4. The molecular formula is C26H23F4N5OS. The van der Waals surface area contributed by atoms with Gasteiger partial charge >= 0.3 is 6.18 Å². The van der Waals surface area contributed by atoms with Crippen LogP contribution in [0.1, 0.15) is 41.0 Å². The van der Waals surface area contributed by atoms with E-state index in [1.165, 1.54) is 29.7 Å². The zero-order valence-corrected chi connectivity index (χ0v) is 20.7. The van der Waals surface area contributed by atoms with Crippen molar-refractivity contribution in [2.75, 3.05) is 13.1 Å². The third kappa shape index (κ3) is 4.79. The Morgan fingerprint density at radius 1 is 1.35 bits per heavy atom. The summed E-state index contributed by atoms with van der Waals surface area (Å²) in [5, 5.41) is 7.27. The summed E-state index contributed by atoms with van der Waals surface area (Å²) in [5.74, 6) is -1.67. The van der Waals surface area contributed by atoms with E-state index in [1.807, 2.05) is 0 Å². The van der Waals surface area contributed by atoms with E-state index in [-0.39, 0.29) is 42.7 Å². The third-order valence-corrected chi connectivity index (χ3v) is 7.77. The highest BCUT2D eigenvalue weighted by atomic mass is 32.1. The number of nitrogens with zero attached hydrogens (tertiary/aromatic N) is 4. The van der Waals surface area contributed by atoms with Gasteiger partial charge in [-0.3, -0.25) is 9.48 Å². The summed E-state index contributed by atoms with van der Waals surface area (Å²) in [5.41, 5.74) is -0.645. The lowest BCUT2D eigenvalue weighted by molar-refractivity contribution is -0.141. The fourth-order valence-corrected chi connectivity index (χ4v) is 5.79. The highest BCUT2D eigenvalue weighted by Gasteiger charge is 2.40. The van der Waals surface area contributed by atoms with E-state index in [0.717, 1.165) is 34.2 Å². The van der Waals surface area contributed by atoms with Crippen molar-refractivity contribution in [1.82, 2.24) is 20.0 Å². The SMILES string of the molecule is [C-]#[N+]c1cc2c(s1)CN(C(=O)/C=C/[C@H]1CCN1)C[C@H]2c1cccc(F)c1-c1cn(CC)nc1C(F)(F)F. The summed E-state index contributed by atoms with van der Waals surface area (Å²) in [6.07, 6.45) is 0.675. The number of rotatable bonds is 5. The third-order valence-electron chi connectivity index (χ3n) is 6.74. The molecule has 1 N–H and O–H groups in total. The predicted octanol–water partition coefficient (Wildman–Crippen LogP) is 5.73. The number of thiophene rings is 1. The van der Waals surface area contributed by atoms with Crippen LogP contribution >= 0.6 is 11.3 Å². The van der Waals surface area contributed by atoms with Gasteiger partial charge in [0.05, 0.1) is 13.1 Å². The van der Waals surface area contributed by atoms with Gasteiger partial charge in [0, 0.05) is 53.3 Å². The number of carbonyl (C=O) groups excluding carboxylic acids is 1. The molecule has 6 nitrogen and oxygen atoms in total. The van der Waals surface area contributed by atoms with E-state index < -0.39 is 23.6 Å². The number of hydrogen-bond acceptors (Lipinski definition) is 4. The van der Waals surface area contributed by atoms with E-state index in [2.05, 4.69) is 15.3 Å². The van der Waals surface area contributed by atoms with Crippen LogP contribution in [0.5, 0.6) is 0 Å². The van der Waals surface area contributed by atoms with Gasteiger partial charge in [0.1, 0.15) is 5.82 Å². The predicted molar refractivity (Wildman–Crippen MR) is 132 cm³/mol. The van der Waals surface area contributed by atoms with Crippen LogP contribution in [0.15, 0.2) is 42.6 Å². The molecule has 0 unspecified atom stereocenters. The monoisotopic (exact) mass is 529 g/mol. The van der Waals surface area contributed by atoms with Gasteiger partial charge in [0.2, 0.25) is 10.9 Å². The molecule has 0 saturated carbocycles. The number of aromatic nitrogens is 2. The summed E-state index contributed by atoms with van der Waals surface area (Å²) < 4.78 is 58.3. The number of fused-ring (bicyclic) bond motifs is 1. The van der Waals surface area contributed by atoms with E-state index in [9.17, 15) is 18.0 Å². The second-order valence-electron chi connectivity index (χ2n) is 9.00. The summed E-state index contributed by atoms with van der Waals surface area (Å²) in [6, 6.07) is 6.01. The number of halogens is 4. The van der Waals surface area contributed by atoms with E-state index >= 15 is 4.39 Å². The van der Waals surface area contributed by atoms with Gasteiger partial charge in [-0.2, -0.15) is 29.6 Å². The fourth-order valence-electron chi connectivity index (χ4n) is 4.76. The van der Waals surface area contributed by atoms with Crippen molar-refractivity contribution in [3.63, 3.8) is 0 Å². The Kier molecular flexibility index (Phi) is 6.64. The highest BCUT2D eigenvalue weighted by molar-refractivity contribution is 7.16. The molecule has 1 aromatic carbocycles. The molecule has 0 bridgehead atoms. The van der Waals surface area contributed by atoms with Crippen LogP contribution in [0.25, 0.3) is 16.0 Å². The second kappa shape index (κ2) is 9.76. The minimum Gasteiger partial charge on any atom is -0.333 e. The zero-order chi connectivity index (χ0) is 26.3. The van der Waals surface area contributed by atoms with Crippen molar-refractivity contribution >= 4 is 22.2 Å². The van der Waals surface area contributed by atoms with Gasteiger partial charge in [0.15, 0.2) is 5.69 Å². The second-order valence-corrected chi connectivity index (χ2v) is 10.1. The summed E-state index contributed by atoms with van der Waals surface area (Å²) in [4.78, 5) is 19.0. The van der Waals surface area contributed by atoms with Crippen LogP contribution in [0, 0.1) is 12.4 Å². The van der Waals surface area contributed by atoms with Crippen molar-refractivity contribution in [2.45, 2.75) is 44.6 Å². The van der Waals surface area contributed by atoms with E-state index in [1.54, 1.807) is 30.0 Å². The number of alkyl halides is 3. The molecule has 1 saturated heterocycles. The first-order valence-electron chi connectivity index (χ1n) is 11.8. The lowest BCUT2D eigenvalue weighted by atomic mass is 9.83. The van der Waals surface area contributed by atoms with Gasteiger partial charge in [-0.1, -0.05) is 18.2 Å². The van der Waals surface area contributed by atoms with Crippen LogP contribution in [0.3, 0.4) is 0 Å². The minimum atomic E-state index is -4.78. The van der Waals surface area contributed by atoms with Crippen molar-refractivity contribution in [3.8, 4) is 11.1 Å². The quantitative estimate of drug-likeness (QED) is 0.261. The van der Waals surface area contributed by atoms with E-state index in [0.29, 0.717) is 10.6 Å². The minimum absolute atomic E-state index is 0.140. The molecule has 0 aliphatic carbocycles. The summed E-state index contributed by atoms with van der Waals surface area (Å²) in [7, 11) is 0. The van der Waals surface area contributed by atoms with Crippen LogP contribution in [-0.4, -0.2) is 39.7 Å². The first-order valence-corrected chi connectivity index (χ1v) is 12.6. The van der Waals surface area contributed by atoms with Crippen LogP contribution in [0.2, 0.25) is 0 Å². The molecule has 0 spiro atoms. The smallest absolute Gasteiger partial charge is 0.333 e. The molecule has 2 atom stereocenters. The highest BCUT2D eigenvalue weighted by Crippen LogP contribution is 2.46. The molecule has 1 amide bonds. The molecule has 5 rings (SSSR count). The van der Waals surface area contributed by atoms with Crippen LogP contribution < -0.4 is 5.32 Å². The molecule has 0 radical (unpaired) electrons. The summed E-state index contributed by atoms with van der Waals surface area (Å²) in [6.45, 7) is 10.6. The van der Waals surface area contributed by atoms with Gasteiger partial charge in [-0.15, -0.1) is 0 Å². The topological polar surface area (TPSA) is 54.5 Å². The van der Waals surface area contributed by atoms with E-state index in [4.69, 9.17) is 6.57 Å². The normalized spacial score (nSPS) is 19.5. The molecule has 2 aliphatic rings. The van der Waals surface area contributed by atoms with Crippen molar-refractivity contribution in [1.29, 1.82) is 0 Å². The Hall–Kier alpha value is -3.49.